The Kier molecular flexibility index (Phi) is 1.24. The quantitative estimate of drug-likeness (QED) is 0.617. The number of hydrogen-bond acceptors (Lipinski definition) is 1. The lowest BCUT2D eigenvalue weighted by atomic mass is 10.1. The minimum absolute atomic E-state index is 0.433. The smallest absolute Gasteiger partial charge is 0.0115 e. The van der Waals surface area contributed by atoms with Gasteiger partial charge in [-0.3, -0.25) is 0 Å². The second-order valence-corrected chi connectivity index (χ2v) is 2.92. The molecular formula is C9H11N. The van der Waals surface area contributed by atoms with Crippen molar-refractivity contribution in [3.8, 4) is 0 Å². The third-order valence-electron chi connectivity index (χ3n) is 2.07. The van der Waals surface area contributed by atoms with Crippen LogP contribution >= 0.6 is 0 Å². The van der Waals surface area contributed by atoms with Crippen molar-refractivity contribution in [2.45, 2.75) is 18.4 Å². The summed E-state index contributed by atoms with van der Waals surface area (Å²) in [5, 5.41) is 0. The summed E-state index contributed by atoms with van der Waals surface area (Å²) in [4.78, 5) is 0. The van der Waals surface area contributed by atoms with Crippen LogP contribution in [-0.4, -0.2) is 6.04 Å². The highest BCUT2D eigenvalue weighted by Gasteiger charge is 2.34. The fourth-order valence-electron chi connectivity index (χ4n) is 1.30. The molecule has 1 aromatic rings. The molecule has 1 unspecified atom stereocenters. The zero-order valence-electron chi connectivity index (χ0n) is 5.83. The summed E-state index contributed by atoms with van der Waals surface area (Å²) in [6.07, 6.45) is 1.17. The van der Waals surface area contributed by atoms with Crippen LogP contribution in [0.25, 0.3) is 0 Å². The van der Waals surface area contributed by atoms with E-state index < -0.39 is 0 Å². The Hall–Kier alpha value is -0.820. The molecule has 2 rings (SSSR count). The molecule has 0 amide bonds. The monoisotopic (exact) mass is 133 g/mol. The van der Waals surface area contributed by atoms with Crippen molar-refractivity contribution in [3.63, 3.8) is 0 Å². The highest BCUT2D eigenvalue weighted by molar-refractivity contribution is 5.26. The van der Waals surface area contributed by atoms with Crippen LogP contribution in [0.2, 0.25) is 0 Å². The minimum Gasteiger partial charge on any atom is -0.327 e. The molecule has 0 heterocycles. The van der Waals surface area contributed by atoms with Gasteiger partial charge in [0.1, 0.15) is 0 Å². The van der Waals surface area contributed by atoms with Crippen LogP contribution in [0.4, 0.5) is 0 Å². The van der Waals surface area contributed by atoms with Crippen LogP contribution < -0.4 is 5.73 Å². The number of rotatable bonds is 1. The highest BCUT2D eigenvalue weighted by atomic mass is 14.7. The second kappa shape index (κ2) is 2.10. The first-order valence-corrected chi connectivity index (χ1v) is 3.68. The summed E-state index contributed by atoms with van der Waals surface area (Å²) in [7, 11) is 0. The predicted molar refractivity (Wildman–Crippen MR) is 41.8 cm³/mol. The van der Waals surface area contributed by atoms with E-state index >= 15 is 0 Å². The van der Waals surface area contributed by atoms with Crippen molar-refractivity contribution in [2.75, 3.05) is 0 Å². The molecule has 1 aromatic carbocycles. The fourth-order valence-corrected chi connectivity index (χ4v) is 1.30. The van der Waals surface area contributed by atoms with Gasteiger partial charge >= 0.3 is 0 Å². The van der Waals surface area contributed by atoms with Crippen molar-refractivity contribution in [2.24, 2.45) is 5.73 Å². The third kappa shape index (κ3) is 0.929. The first-order valence-electron chi connectivity index (χ1n) is 3.68. The predicted octanol–water partition coefficient (Wildman–Crippen LogP) is 1.50. The maximum absolute atomic E-state index is 5.70. The van der Waals surface area contributed by atoms with Gasteiger partial charge in [-0.15, -0.1) is 0 Å². The Morgan fingerprint density at radius 1 is 1.20 bits per heavy atom. The Balaban J connectivity index is 2.20. The molecule has 1 nitrogen and oxygen atoms in total. The number of benzene rings is 1. The highest BCUT2D eigenvalue weighted by Crippen LogP contribution is 2.38. The summed E-state index contributed by atoms with van der Waals surface area (Å²) in [5.41, 5.74) is 7.10. The molecule has 0 bridgehead atoms. The van der Waals surface area contributed by atoms with Gasteiger partial charge in [-0.1, -0.05) is 30.3 Å². The van der Waals surface area contributed by atoms with Gasteiger partial charge in [-0.2, -0.15) is 0 Å². The zero-order chi connectivity index (χ0) is 6.97. The molecule has 1 aliphatic carbocycles. The summed E-state index contributed by atoms with van der Waals surface area (Å²) in [6, 6.07) is 10.9. The van der Waals surface area contributed by atoms with Crippen LogP contribution in [0.1, 0.15) is 17.9 Å². The molecule has 1 heteroatoms. The van der Waals surface area contributed by atoms with E-state index in [9.17, 15) is 0 Å². The Bertz CT molecular complexity index is 217. The van der Waals surface area contributed by atoms with E-state index in [0.29, 0.717) is 12.0 Å². The molecule has 0 saturated heterocycles. The zero-order valence-corrected chi connectivity index (χ0v) is 5.83. The van der Waals surface area contributed by atoms with Gasteiger partial charge in [0.2, 0.25) is 0 Å². The molecule has 0 aliphatic heterocycles. The van der Waals surface area contributed by atoms with Crippen molar-refractivity contribution < 1.29 is 0 Å². The standard InChI is InChI=1S/C9H11N/c10-9-6-8(9)7-4-2-1-3-5-7/h1-5,8-9H,6,10H2/t8?,9-/m1/s1. The van der Waals surface area contributed by atoms with Gasteiger partial charge in [0.05, 0.1) is 0 Å². The summed E-state index contributed by atoms with van der Waals surface area (Å²) in [6.45, 7) is 0. The number of hydrogen-bond donors (Lipinski definition) is 1. The van der Waals surface area contributed by atoms with Gasteiger partial charge in [-0.05, 0) is 12.0 Å². The van der Waals surface area contributed by atoms with Crippen LogP contribution in [0.5, 0.6) is 0 Å². The van der Waals surface area contributed by atoms with Crippen LogP contribution in [0.3, 0.4) is 0 Å². The molecule has 1 saturated carbocycles. The molecule has 10 heavy (non-hydrogen) atoms. The first kappa shape index (κ1) is 5.93. The van der Waals surface area contributed by atoms with Crippen molar-refractivity contribution in [1.29, 1.82) is 0 Å². The third-order valence-corrected chi connectivity index (χ3v) is 2.07. The summed E-state index contributed by atoms with van der Waals surface area (Å²) >= 11 is 0. The average molecular weight is 133 g/mol. The molecule has 0 aromatic heterocycles. The lowest BCUT2D eigenvalue weighted by molar-refractivity contribution is 0.991. The van der Waals surface area contributed by atoms with Gasteiger partial charge in [0.15, 0.2) is 0 Å². The average Bonchev–Trinajstić information content (AvgIpc) is 2.69. The van der Waals surface area contributed by atoms with E-state index in [1.54, 1.807) is 0 Å². The van der Waals surface area contributed by atoms with E-state index in [1.807, 2.05) is 6.07 Å². The van der Waals surface area contributed by atoms with E-state index in [0.717, 1.165) is 0 Å². The Labute approximate surface area is 60.9 Å². The summed E-state index contributed by atoms with van der Waals surface area (Å²) in [5.74, 6) is 0.654. The van der Waals surface area contributed by atoms with E-state index in [2.05, 4.69) is 24.3 Å². The maximum Gasteiger partial charge on any atom is 0.0115 e. The topological polar surface area (TPSA) is 26.0 Å². The van der Waals surface area contributed by atoms with Crippen LogP contribution in [-0.2, 0) is 0 Å². The fraction of sp³-hybridized carbons (Fsp3) is 0.333. The van der Waals surface area contributed by atoms with Gasteiger partial charge in [0.25, 0.3) is 0 Å². The lowest BCUT2D eigenvalue weighted by Gasteiger charge is -1.94. The molecular weight excluding hydrogens is 122 g/mol. The van der Waals surface area contributed by atoms with E-state index in [-0.39, 0.29) is 0 Å². The Morgan fingerprint density at radius 2 is 1.80 bits per heavy atom. The SMILES string of the molecule is N[C@@H]1CC1c1ccccc1. The van der Waals surface area contributed by atoms with Gasteiger partial charge in [-0.25, -0.2) is 0 Å². The normalized spacial score (nSPS) is 30.1. The van der Waals surface area contributed by atoms with Gasteiger partial charge < -0.3 is 5.73 Å². The van der Waals surface area contributed by atoms with Crippen molar-refractivity contribution in [1.82, 2.24) is 0 Å². The van der Waals surface area contributed by atoms with E-state index in [1.165, 1.54) is 12.0 Å². The molecule has 52 valence electrons. The molecule has 0 spiro atoms. The number of nitrogens with two attached hydrogens (primary N) is 1. The molecule has 1 aliphatic rings. The Morgan fingerprint density at radius 3 is 2.30 bits per heavy atom. The summed E-state index contributed by atoms with van der Waals surface area (Å²) < 4.78 is 0. The van der Waals surface area contributed by atoms with Crippen LogP contribution in [0.15, 0.2) is 30.3 Å². The molecule has 0 radical (unpaired) electrons. The minimum atomic E-state index is 0.433. The van der Waals surface area contributed by atoms with Crippen LogP contribution in [0, 0.1) is 0 Å². The van der Waals surface area contributed by atoms with Crippen molar-refractivity contribution >= 4 is 0 Å². The second-order valence-electron chi connectivity index (χ2n) is 2.92. The molecule has 1 fully saturated rings. The van der Waals surface area contributed by atoms with Gasteiger partial charge in [0, 0.05) is 12.0 Å². The molecule has 2 N–H and O–H groups in total. The van der Waals surface area contributed by atoms with Crippen molar-refractivity contribution in [3.05, 3.63) is 35.9 Å². The largest absolute Gasteiger partial charge is 0.327 e. The lowest BCUT2D eigenvalue weighted by Crippen LogP contribution is -2.00. The first-order chi connectivity index (χ1) is 4.88. The molecule has 2 atom stereocenters. The maximum atomic E-state index is 5.70. The van der Waals surface area contributed by atoms with E-state index in [4.69, 9.17) is 5.73 Å².